The zero-order valence-corrected chi connectivity index (χ0v) is 9.50. The minimum absolute atomic E-state index is 0.0996. The summed E-state index contributed by atoms with van der Waals surface area (Å²) >= 11 is 0. The molecule has 0 saturated carbocycles. The number of carboxylic acid groups (broad SMARTS) is 1. The average Bonchev–Trinajstić information content (AvgIpc) is 2.38. The normalized spacial score (nSPS) is 10.0. The maximum atomic E-state index is 10.4. The van der Waals surface area contributed by atoms with Gasteiger partial charge in [-0.2, -0.15) is 0 Å². The second-order valence-corrected chi connectivity index (χ2v) is 3.62. The van der Waals surface area contributed by atoms with Crippen molar-refractivity contribution in [3.8, 4) is 11.3 Å². The molecule has 92 valence electrons. The van der Waals surface area contributed by atoms with Crippen molar-refractivity contribution >= 4 is 11.9 Å². The highest BCUT2D eigenvalue weighted by Crippen LogP contribution is 2.21. The molecule has 6 nitrogen and oxygen atoms in total. The third-order valence-corrected chi connectivity index (χ3v) is 2.32. The van der Waals surface area contributed by atoms with Gasteiger partial charge in [-0.25, -0.2) is 14.8 Å². The number of nitrogens with zero attached hydrogens (tertiary/aromatic N) is 2. The fourth-order valence-corrected chi connectivity index (χ4v) is 1.49. The molecule has 0 aliphatic heterocycles. The van der Waals surface area contributed by atoms with E-state index in [1.807, 2.05) is 30.3 Å². The lowest BCUT2D eigenvalue weighted by molar-refractivity contribution is 0.194. The summed E-state index contributed by atoms with van der Waals surface area (Å²) in [5.74, 6) is 0.320. The molecular weight excluding hydrogens is 232 g/mol. The van der Waals surface area contributed by atoms with Crippen LogP contribution >= 0.6 is 0 Å². The number of hydrogen-bond donors (Lipinski definition) is 3. The Labute approximate surface area is 104 Å². The van der Waals surface area contributed by atoms with E-state index in [4.69, 9.17) is 10.8 Å². The summed E-state index contributed by atoms with van der Waals surface area (Å²) in [5.41, 5.74) is 7.69. The summed E-state index contributed by atoms with van der Waals surface area (Å²) < 4.78 is 0. The molecule has 0 unspecified atom stereocenters. The maximum Gasteiger partial charge on any atom is 0.404 e. The Hall–Kier alpha value is -2.63. The Balaban J connectivity index is 2.30. The van der Waals surface area contributed by atoms with Crippen molar-refractivity contribution in [2.45, 2.75) is 6.54 Å². The number of nitrogen functional groups attached to an aromatic ring is 1. The summed E-state index contributed by atoms with van der Waals surface area (Å²) in [6.45, 7) is 0.0996. The fourth-order valence-electron chi connectivity index (χ4n) is 1.49. The van der Waals surface area contributed by atoms with Crippen molar-refractivity contribution < 1.29 is 9.90 Å². The molecule has 0 aliphatic carbocycles. The number of amides is 1. The summed E-state index contributed by atoms with van der Waals surface area (Å²) in [6, 6.07) is 9.38. The van der Waals surface area contributed by atoms with Crippen LogP contribution in [-0.2, 0) is 6.54 Å². The third kappa shape index (κ3) is 2.73. The van der Waals surface area contributed by atoms with Crippen molar-refractivity contribution in [3.05, 3.63) is 42.2 Å². The lowest BCUT2D eigenvalue weighted by atomic mass is 10.1. The first-order valence-electron chi connectivity index (χ1n) is 5.30. The average molecular weight is 244 g/mol. The minimum atomic E-state index is -1.10. The summed E-state index contributed by atoms with van der Waals surface area (Å²) in [4.78, 5) is 18.7. The fraction of sp³-hybridized carbons (Fsp3) is 0.0833. The molecule has 6 heteroatoms. The predicted octanol–water partition coefficient (Wildman–Crippen LogP) is 1.49. The van der Waals surface area contributed by atoms with Crippen LogP contribution in [0.25, 0.3) is 11.3 Å². The molecule has 2 aromatic rings. The quantitative estimate of drug-likeness (QED) is 0.759. The number of hydrogen-bond acceptors (Lipinski definition) is 4. The largest absolute Gasteiger partial charge is 0.465 e. The second kappa shape index (κ2) is 5.13. The Kier molecular flexibility index (Phi) is 3.38. The van der Waals surface area contributed by atoms with Gasteiger partial charge in [0.25, 0.3) is 0 Å². The van der Waals surface area contributed by atoms with Crippen molar-refractivity contribution in [1.29, 1.82) is 0 Å². The molecule has 1 amide bonds. The standard InChI is InChI=1S/C12H12N4O2/c13-11-10(8-4-2-1-3-5-8)16-9(6-14-11)7-15-12(17)18/h1-6,15H,7H2,(H2,13,14)(H,17,18). The monoisotopic (exact) mass is 244 g/mol. The van der Waals surface area contributed by atoms with Crippen LogP contribution in [0.5, 0.6) is 0 Å². The minimum Gasteiger partial charge on any atom is -0.465 e. The number of anilines is 1. The van der Waals surface area contributed by atoms with Gasteiger partial charge in [0, 0.05) is 5.56 Å². The van der Waals surface area contributed by atoms with Crippen LogP contribution in [0, 0.1) is 0 Å². The van der Waals surface area contributed by atoms with Crippen LogP contribution in [0.1, 0.15) is 5.69 Å². The van der Waals surface area contributed by atoms with Gasteiger partial charge in [-0.3, -0.25) is 0 Å². The molecule has 0 radical (unpaired) electrons. The first kappa shape index (κ1) is 11.8. The lowest BCUT2D eigenvalue weighted by Gasteiger charge is -2.07. The van der Waals surface area contributed by atoms with E-state index in [0.29, 0.717) is 17.2 Å². The Bertz CT molecular complexity index is 557. The van der Waals surface area contributed by atoms with E-state index >= 15 is 0 Å². The first-order chi connectivity index (χ1) is 8.66. The number of nitrogens with one attached hydrogen (secondary N) is 1. The third-order valence-electron chi connectivity index (χ3n) is 2.32. The van der Waals surface area contributed by atoms with Crippen molar-refractivity contribution in [2.24, 2.45) is 0 Å². The zero-order chi connectivity index (χ0) is 13.0. The molecule has 0 fully saturated rings. The van der Waals surface area contributed by atoms with Crippen molar-refractivity contribution in [3.63, 3.8) is 0 Å². The van der Waals surface area contributed by atoms with E-state index in [9.17, 15) is 4.79 Å². The highest BCUT2D eigenvalue weighted by molar-refractivity contribution is 5.69. The van der Waals surface area contributed by atoms with Crippen LogP contribution in [0.3, 0.4) is 0 Å². The number of nitrogens with two attached hydrogens (primary N) is 1. The van der Waals surface area contributed by atoms with E-state index in [-0.39, 0.29) is 6.54 Å². The molecule has 4 N–H and O–H groups in total. The number of aromatic nitrogens is 2. The number of benzene rings is 1. The van der Waals surface area contributed by atoms with Gasteiger partial charge >= 0.3 is 6.09 Å². The van der Waals surface area contributed by atoms with E-state index in [1.54, 1.807) is 0 Å². The van der Waals surface area contributed by atoms with Gasteiger partial charge in [-0.1, -0.05) is 30.3 Å². The summed E-state index contributed by atoms with van der Waals surface area (Å²) in [7, 11) is 0. The predicted molar refractivity (Wildman–Crippen MR) is 66.7 cm³/mol. The SMILES string of the molecule is Nc1ncc(CNC(=O)O)nc1-c1ccccc1. The first-order valence-corrected chi connectivity index (χ1v) is 5.30. The van der Waals surface area contributed by atoms with E-state index < -0.39 is 6.09 Å². The molecular formula is C12H12N4O2. The van der Waals surface area contributed by atoms with Crippen LogP contribution in [0.4, 0.5) is 10.6 Å². The summed E-state index contributed by atoms with van der Waals surface area (Å²) in [6.07, 6.45) is 0.354. The van der Waals surface area contributed by atoms with Gasteiger partial charge in [0.1, 0.15) is 11.5 Å². The zero-order valence-electron chi connectivity index (χ0n) is 9.50. The molecule has 1 aromatic carbocycles. The van der Waals surface area contributed by atoms with E-state index in [2.05, 4.69) is 15.3 Å². The van der Waals surface area contributed by atoms with Crippen LogP contribution in [0.15, 0.2) is 36.5 Å². The van der Waals surface area contributed by atoms with Gasteiger partial charge in [0.15, 0.2) is 0 Å². The van der Waals surface area contributed by atoms with Gasteiger partial charge in [0.2, 0.25) is 0 Å². The highest BCUT2D eigenvalue weighted by Gasteiger charge is 2.07. The van der Waals surface area contributed by atoms with Gasteiger partial charge < -0.3 is 16.2 Å². The maximum absolute atomic E-state index is 10.4. The van der Waals surface area contributed by atoms with Crippen molar-refractivity contribution in [1.82, 2.24) is 15.3 Å². The number of rotatable bonds is 3. The Morgan fingerprint density at radius 2 is 2.06 bits per heavy atom. The van der Waals surface area contributed by atoms with E-state index in [0.717, 1.165) is 5.56 Å². The molecule has 2 rings (SSSR count). The van der Waals surface area contributed by atoms with Gasteiger partial charge in [-0.05, 0) is 0 Å². The van der Waals surface area contributed by atoms with Crippen LogP contribution in [-0.4, -0.2) is 21.2 Å². The Morgan fingerprint density at radius 1 is 1.33 bits per heavy atom. The molecule has 0 aliphatic rings. The van der Waals surface area contributed by atoms with Crippen LogP contribution in [0.2, 0.25) is 0 Å². The molecule has 0 spiro atoms. The smallest absolute Gasteiger partial charge is 0.404 e. The highest BCUT2D eigenvalue weighted by atomic mass is 16.4. The molecule has 0 bridgehead atoms. The van der Waals surface area contributed by atoms with Crippen molar-refractivity contribution in [2.75, 3.05) is 5.73 Å². The molecule has 18 heavy (non-hydrogen) atoms. The Morgan fingerprint density at radius 3 is 2.72 bits per heavy atom. The van der Waals surface area contributed by atoms with E-state index in [1.165, 1.54) is 6.20 Å². The second-order valence-electron chi connectivity index (χ2n) is 3.62. The molecule has 0 atom stereocenters. The molecule has 0 saturated heterocycles. The molecule has 1 aromatic heterocycles. The van der Waals surface area contributed by atoms with Crippen LogP contribution < -0.4 is 11.1 Å². The number of carbonyl (C=O) groups is 1. The summed E-state index contributed by atoms with van der Waals surface area (Å²) in [5, 5.41) is 10.8. The lowest BCUT2D eigenvalue weighted by Crippen LogP contribution is -2.21. The van der Waals surface area contributed by atoms with Gasteiger partial charge in [-0.15, -0.1) is 0 Å². The topological polar surface area (TPSA) is 101 Å². The molecule has 1 heterocycles. The van der Waals surface area contributed by atoms with Gasteiger partial charge in [0.05, 0.1) is 18.4 Å².